The lowest BCUT2D eigenvalue weighted by Gasteiger charge is -2.06. The number of nitrogens with zero attached hydrogens (tertiary/aromatic N) is 2. The molecule has 1 N–H and O–H groups in total. The van der Waals surface area contributed by atoms with E-state index in [4.69, 9.17) is 4.74 Å². The highest BCUT2D eigenvalue weighted by molar-refractivity contribution is 7.22. The Hall–Kier alpha value is -1.88. The number of nitrogens with one attached hydrogen (secondary N) is 1. The van der Waals surface area contributed by atoms with E-state index in [1.807, 2.05) is 32.2 Å². The van der Waals surface area contributed by atoms with Gasteiger partial charge in [-0.3, -0.25) is 4.98 Å². The molecule has 0 saturated carbocycles. The normalized spacial score (nSPS) is 11.0. The molecule has 0 unspecified atom stereocenters. The number of benzene rings is 1. The largest absolute Gasteiger partial charge is 0.492 e. The molecule has 3 rings (SSSR count). The minimum Gasteiger partial charge on any atom is -0.492 e. The molecule has 2 heterocycles. The first kappa shape index (κ1) is 11.2. The van der Waals surface area contributed by atoms with Crippen LogP contribution in [0.5, 0.6) is 5.75 Å². The smallest absolute Gasteiger partial charge is 0.183 e. The van der Waals surface area contributed by atoms with E-state index in [1.54, 1.807) is 17.5 Å². The maximum atomic E-state index is 5.67. The molecule has 0 atom stereocenters. The van der Waals surface area contributed by atoms with E-state index < -0.39 is 0 Å². The second-order valence-corrected chi connectivity index (χ2v) is 4.85. The van der Waals surface area contributed by atoms with Gasteiger partial charge in [0.05, 0.1) is 16.8 Å². The zero-order chi connectivity index (χ0) is 12.5. The first-order valence-corrected chi connectivity index (χ1v) is 6.64. The summed E-state index contributed by atoms with van der Waals surface area (Å²) in [6.45, 7) is 2.61. The van der Waals surface area contributed by atoms with Gasteiger partial charge in [0, 0.05) is 24.7 Å². The van der Waals surface area contributed by atoms with Gasteiger partial charge in [0.25, 0.3) is 0 Å². The van der Waals surface area contributed by atoms with Gasteiger partial charge < -0.3 is 10.1 Å². The fourth-order valence-corrected chi connectivity index (χ4v) is 2.84. The van der Waals surface area contributed by atoms with Crippen molar-refractivity contribution in [3.63, 3.8) is 0 Å². The van der Waals surface area contributed by atoms with Crippen molar-refractivity contribution < 1.29 is 4.74 Å². The molecule has 0 aliphatic heterocycles. The monoisotopic (exact) mass is 259 g/mol. The molecular weight excluding hydrogens is 246 g/mol. The zero-order valence-corrected chi connectivity index (χ0v) is 11.0. The van der Waals surface area contributed by atoms with Crippen LogP contribution in [0.15, 0.2) is 24.4 Å². The highest BCUT2D eigenvalue weighted by Crippen LogP contribution is 2.36. The highest BCUT2D eigenvalue weighted by Gasteiger charge is 2.12. The van der Waals surface area contributed by atoms with Crippen molar-refractivity contribution in [3.8, 4) is 5.75 Å². The van der Waals surface area contributed by atoms with E-state index in [0.29, 0.717) is 6.61 Å². The summed E-state index contributed by atoms with van der Waals surface area (Å²) < 4.78 is 6.78. The summed E-state index contributed by atoms with van der Waals surface area (Å²) in [7, 11) is 1.88. The van der Waals surface area contributed by atoms with E-state index in [1.165, 1.54) is 0 Å². The summed E-state index contributed by atoms with van der Waals surface area (Å²) in [4.78, 5) is 8.98. The van der Waals surface area contributed by atoms with Gasteiger partial charge >= 0.3 is 0 Å². The lowest BCUT2D eigenvalue weighted by Crippen LogP contribution is -1.93. The van der Waals surface area contributed by atoms with Crippen LogP contribution in [0.3, 0.4) is 0 Å². The van der Waals surface area contributed by atoms with Crippen LogP contribution < -0.4 is 10.1 Å². The van der Waals surface area contributed by atoms with Gasteiger partial charge in [0.2, 0.25) is 0 Å². The fraction of sp³-hybridized carbons (Fsp3) is 0.231. The van der Waals surface area contributed by atoms with Crippen molar-refractivity contribution in [1.29, 1.82) is 0 Å². The van der Waals surface area contributed by atoms with Crippen LogP contribution in [-0.4, -0.2) is 23.6 Å². The molecule has 92 valence electrons. The summed E-state index contributed by atoms with van der Waals surface area (Å²) in [6.07, 6.45) is 1.78. The van der Waals surface area contributed by atoms with E-state index in [0.717, 1.165) is 32.0 Å². The molecule has 1 aromatic carbocycles. The van der Waals surface area contributed by atoms with Crippen molar-refractivity contribution in [3.05, 3.63) is 24.4 Å². The molecule has 3 aromatic rings. The van der Waals surface area contributed by atoms with Crippen molar-refractivity contribution >= 4 is 37.6 Å². The minimum atomic E-state index is 0.634. The van der Waals surface area contributed by atoms with Crippen LogP contribution in [0.4, 0.5) is 5.13 Å². The topological polar surface area (TPSA) is 47.0 Å². The number of pyridine rings is 1. The second kappa shape index (κ2) is 4.42. The lowest BCUT2D eigenvalue weighted by molar-refractivity contribution is 0.344. The molecule has 0 amide bonds. The number of thiazole rings is 1. The van der Waals surface area contributed by atoms with Crippen molar-refractivity contribution in [1.82, 2.24) is 9.97 Å². The van der Waals surface area contributed by atoms with Crippen LogP contribution >= 0.6 is 11.3 Å². The minimum absolute atomic E-state index is 0.634. The molecule has 4 nitrogen and oxygen atoms in total. The van der Waals surface area contributed by atoms with E-state index in [9.17, 15) is 0 Å². The quantitative estimate of drug-likeness (QED) is 0.784. The van der Waals surface area contributed by atoms with E-state index >= 15 is 0 Å². The standard InChI is InChI=1S/C13H13N3OS/c1-3-17-9-7-10-12(16-13(14-2)18-10)8-5-4-6-15-11(8)9/h4-7H,3H2,1-2H3,(H,14,16). The number of anilines is 1. The fourth-order valence-electron chi connectivity index (χ4n) is 1.98. The third-order valence-electron chi connectivity index (χ3n) is 2.73. The molecule has 0 radical (unpaired) electrons. The Kier molecular flexibility index (Phi) is 2.76. The SMILES string of the molecule is CCOc1cc2sc(NC)nc2c2cccnc12. The molecule has 0 spiro atoms. The third kappa shape index (κ3) is 1.67. The molecule has 0 saturated heterocycles. The highest BCUT2D eigenvalue weighted by atomic mass is 32.1. The van der Waals surface area contributed by atoms with Crippen molar-refractivity contribution in [2.24, 2.45) is 0 Å². The first-order valence-electron chi connectivity index (χ1n) is 5.82. The Morgan fingerprint density at radius 1 is 1.39 bits per heavy atom. The summed E-state index contributed by atoms with van der Waals surface area (Å²) in [5.41, 5.74) is 1.86. The Balaban J connectivity index is 2.39. The lowest BCUT2D eigenvalue weighted by atomic mass is 10.2. The Morgan fingerprint density at radius 2 is 2.28 bits per heavy atom. The van der Waals surface area contributed by atoms with Gasteiger partial charge in [-0.2, -0.15) is 0 Å². The predicted molar refractivity (Wildman–Crippen MR) is 75.6 cm³/mol. The maximum Gasteiger partial charge on any atom is 0.183 e. The Labute approximate surface area is 109 Å². The first-order chi connectivity index (χ1) is 8.83. The van der Waals surface area contributed by atoms with E-state index in [-0.39, 0.29) is 0 Å². The van der Waals surface area contributed by atoms with Crippen LogP contribution in [0.2, 0.25) is 0 Å². The van der Waals surface area contributed by atoms with Crippen molar-refractivity contribution in [2.75, 3.05) is 19.0 Å². The Morgan fingerprint density at radius 3 is 3.06 bits per heavy atom. The van der Waals surface area contributed by atoms with Crippen LogP contribution in [0, 0.1) is 0 Å². The van der Waals surface area contributed by atoms with Gasteiger partial charge in [-0.1, -0.05) is 11.3 Å². The van der Waals surface area contributed by atoms with Crippen molar-refractivity contribution in [2.45, 2.75) is 6.92 Å². The maximum absolute atomic E-state index is 5.67. The molecular formula is C13H13N3OS. The van der Waals surface area contributed by atoms with Gasteiger partial charge in [0.15, 0.2) is 5.13 Å². The van der Waals surface area contributed by atoms with Crippen LogP contribution in [-0.2, 0) is 0 Å². The van der Waals surface area contributed by atoms with Gasteiger partial charge in [-0.15, -0.1) is 0 Å². The number of aromatic nitrogens is 2. The summed E-state index contributed by atoms with van der Waals surface area (Å²) in [5, 5.41) is 5.02. The Bertz CT molecular complexity index is 708. The zero-order valence-electron chi connectivity index (χ0n) is 10.2. The number of hydrogen-bond acceptors (Lipinski definition) is 5. The van der Waals surface area contributed by atoms with Gasteiger partial charge in [0.1, 0.15) is 11.3 Å². The van der Waals surface area contributed by atoms with Crippen LogP contribution in [0.1, 0.15) is 6.92 Å². The number of ether oxygens (including phenoxy) is 1. The second-order valence-electron chi connectivity index (χ2n) is 3.82. The molecule has 0 aliphatic rings. The number of rotatable bonds is 3. The van der Waals surface area contributed by atoms with Crippen LogP contribution in [0.25, 0.3) is 21.1 Å². The summed E-state index contributed by atoms with van der Waals surface area (Å²) >= 11 is 1.62. The van der Waals surface area contributed by atoms with Gasteiger partial charge in [-0.25, -0.2) is 4.98 Å². The average molecular weight is 259 g/mol. The predicted octanol–water partition coefficient (Wildman–Crippen LogP) is 3.28. The number of fused-ring (bicyclic) bond motifs is 3. The third-order valence-corrected chi connectivity index (χ3v) is 3.75. The molecule has 5 heteroatoms. The van der Waals surface area contributed by atoms with E-state index in [2.05, 4.69) is 15.3 Å². The number of hydrogen-bond donors (Lipinski definition) is 1. The molecule has 0 aliphatic carbocycles. The molecule has 18 heavy (non-hydrogen) atoms. The summed E-state index contributed by atoms with van der Waals surface area (Å²) in [6, 6.07) is 5.98. The average Bonchev–Trinajstić information content (AvgIpc) is 2.82. The summed E-state index contributed by atoms with van der Waals surface area (Å²) in [5.74, 6) is 0.826. The molecule has 2 aromatic heterocycles. The van der Waals surface area contributed by atoms with Gasteiger partial charge in [-0.05, 0) is 19.1 Å². The molecule has 0 bridgehead atoms. The molecule has 0 fully saturated rings.